The molecule has 3 rings (SSSR count). The van der Waals surface area contributed by atoms with Gasteiger partial charge in [-0.2, -0.15) is 0 Å². The lowest BCUT2D eigenvalue weighted by Crippen LogP contribution is -2.42. The number of fused-ring (bicyclic) bond motifs is 3. The summed E-state index contributed by atoms with van der Waals surface area (Å²) in [6.07, 6.45) is 0.213. The first kappa shape index (κ1) is 12.5. The SMILES string of the molecule is CCOC(=O)N1CCC2C(O)c3ccccc3C2C1. The molecule has 1 aliphatic heterocycles. The van der Waals surface area contributed by atoms with Crippen molar-refractivity contribution in [2.24, 2.45) is 5.92 Å². The van der Waals surface area contributed by atoms with Crippen LogP contribution in [0.2, 0.25) is 0 Å². The fourth-order valence-corrected chi connectivity index (χ4v) is 3.41. The summed E-state index contributed by atoms with van der Waals surface area (Å²) in [4.78, 5) is 13.6. The Balaban J connectivity index is 1.83. The molecule has 4 heteroatoms. The monoisotopic (exact) mass is 261 g/mol. The number of aliphatic hydroxyl groups is 1. The van der Waals surface area contributed by atoms with Gasteiger partial charge < -0.3 is 14.7 Å². The number of benzene rings is 1. The Morgan fingerprint density at radius 3 is 2.89 bits per heavy atom. The van der Waals surface area contributed by atoms with E-state index in [9.17, 15) is 9.90 Å². The molecule has 1 aromatic carbocycles. The third kappa shape index (κ3) is 2.00. The fourth-order valence-electron chi connectivity index (χ4n) is 3.41. The summed E-state index contributed by atoms with van der Waals surface area (Å²) >= 11 is 0. The molecular weight excluding hydrogens is 242 g/mol. The maximum Gasteiger partial charge on any atom is 0.409 e. The van der Waals surface area contributed by atoms with Crippen LogP contribution >= 0.6 is 0 Å². The van der Waals surface area contributed by atoms with Crippen molar-refractivity contribution < 1.29 is 14.6 Å². The largest absolute Gasteiger partial charge is 0.450 e. The van der Waals surface area contributed by atoms with Crippen LogP contribution in [0.1, 0.15) is 36.5 Å². The average molecular weight is 261 g/mol. The van der Waals surface area contributed by atoms with Gasteiger partial charge in [0.05, 0.1) is 12.7 Å². The highest BCUT2D eigenvalue weighted by molar-refractivity contribution is 5.68. The van der Waals surface area contributed by atoms with E-state index in [0.717, 1.165) is 12.0 Å². The number of hydrogen-bond acceptors (Lipinski definition) is 3. The molecule has 1 heterocycles. The van der Waals surface area contributed by atoms with E-state index in [4.69, 9.17) is 4.74 Å². The Morgan fingerprint density at radius 2 is 2.16 bits per heavy atom. The summed E-state index contributed by atoms with van der Waals surface area (Å²) in [5.41, 5.74) is 2.22. The summed E-state index contributed by atoms with van der Waals surface area (Å²) < 4.78 is 5.07. The molecule has 0 aromatic heterocycles. The van der Waals surface area contributed by atoms with Crippen molar-refractivity contribution in [1.29, 1.82) is 0 Å². The zero-order chi connectivity index (χ0) is 13.4. The Hall–Kier alpha value is -1.55. The number of carbonyl (C=O) groups is 1. The van der Waals surface area contributed by atoms with Gasteiger partial charge in [-0.15, -0.1) is 0 Å². The molecule has 1 saturated heterocycles. The van der Waals surface area contributed by atoms with Gasteiger partial charge in [0.15, 0.2) is 0 Å². The van der Waals surface area contributed by atoms with E-state index in [1.165, 1.54) is 5.56 Å². The minimum absolute atomic E-state index is 0.236. The van der Waals surface area contributed by atoms with Crippen LogP contribution in [0.5, 0.6) is 0 Å². The summed E-state index contributed by atoms with van der Waals surface area (Å²) in [7, 11) is 0. The van der Waals surface area contributed by atoms with Crippen LogP contribution < -0.4 is 0 Å². The summed E-state index contributed by atoms with van der Waals surface area (Å²) in [5.74, 6) is 0.479. The fraction of sp³-hybridized carbons (Fsp3) is 0.533. The Bertz CT molecular complexity index is 488. The number of rotatable bonds is 1. The van der Waals surface area contributed by atoms with Crippen molar-refractivity contribution in [3.63, 3.8) is 0 Å². The van der Waals surface area contributed by atoms with Crippen molar-refractivity contribution in [2.45, 2.75) is 25.4 Å². The number of hydrogen-bond donors (Lipinski definition) is 1. The van der Waals surface area contributed by atoms with Crippen LogP contribution in [0.4, 0.5) is 4.79 Å². The number of carbonyl (C=O) groups excluding carboxylic acids is 1. The van der Waals surface area contributed by atoms with Crippen molar-refractivity contribution in [2.75, 3.05) is 19.7 Å². The smallest absolute Gasteiger partial charge is 0.409 e. The summed E-state index contributed by atoms with van der Waals surface area (Å²) in [6.45, 7) is 3.55. The predicted octanol–water partition coefficient (Wildman–Crippen LogP) is 2.30. The van der Waals surface area contributed by atoms with Gasteiger partial charge in [0.2, 0.25) is 0 Å². The topological polar surface area (TPSA) is 49.8 Å². The molecule has 4 nitrogen and oxygen atoms in total. The van der Waals surface area contributed by atoms with Crippen molar-refractivity contribution in [3.8, 4) is 0 Å². The molecule has 0 saturated carbocycles. The Labute approximate surface area is 113 Å². The molecule has 1 amide bonds. The number of ether oxygens (including phenoxy) is 1. The van der Waals surface area contributed by atoms with Gasteiger partial charge in [0, 0.05) is 19.0 Å². The van der Waals surface area contributed by atoms with Crippen LogP contribution in [-0.2, 0) is 4.74 Å². The van der Waals surface area contributed by atoms with Gasteiger partial charge in [-0.25, -0.2) is 4.79 Å². The Morgan fingerprint density at radius 1 is 1.42 bits per heavy atom. The third-order valence-electron chi connectivity index (χ3n) is 4.31. The van der Waals surface area contributed by atoms with E-state index in [1.54, 1.807) is 4.90 Å². The van der Waals surface area contributed by atoms with E-state index < -0.39 is 0 Å². The van der Waals surface area contributed by atoms with Gasteiger partial charge >= 0.3 is 6.09 Å². The van der Waals surface area contributed by atoms with Crippen LogP contribution in [0.15, 0.2) is 24.3 Å². The maximum absolute atomic E-state index is 11.8. The van der Waals surface area contributed by atoms with E-state index in [-0.39, 0.29) is 24.0 Å². The molecule has 2 aliphatic rings. The van der Waals surface area contributed by atoms with E-state index >= 15 is 0 Å². The van der Waals surface area contributed by atoms with Crippen LogP contribution in [0, 0.1) is 5.92 Å². The lowest BCUT2D eigenvalue weighted by Gasteiger charge is -2.35. The number of nitrogens with zero attached hydrogens (tertiary/aromatic N) is 1. The number of likely N-dealkylation sites (tertiary alicyclic amines) is 1. The van der Waals surface area contributed by atoms with Crippen LogP contribution in [0.3, 0.4) is 0 Å². The second kappa shape index (κ2) is 4.85. The molecule has 0 spiro atoms. The van der Waals surface area contributed by atoms with Crippen molar-refractivity contribution in [1.82, 2.24) is 4.90 Å². The molecule has 1 N–H and O–H groups in total. The molecule has 1 aliphatic carbocycles. The van der Waals surface area contributed by atoms with Crippen molar-refractivity contribution >= 4 is 6.09 Å². The first-order valence-electron chi connectivity index (χ1n) is 6.91. The third-order valence-corrected chi connectivity index (χ3v) is 4.31. The number of piperidine rings is 1. The highest BCUT2D eigenvalue weighted by atomic mass is 16.6. The van der Waals surface area contributed by atoms with E-state index in [2.05, 4.69) is 6.07 Å². The van der Waals surface area contributed by atoms with E-state index in [1.807, 2.05) is 25.1 Å². The number of aliphatic hydroxyl groups excluding tert-OH is 1. The highest BCUT2D eigenvalue weighted by Gasteiger charge is 2.43. The predicted molar refractivity (Wildman–Crippen MR) is 70.8 cm³/mol. The first-order valence-corrected chi connectivity index (χ1v) is 6.91. The molecule has 1 aromatic rings. The van der Waals surface area contributed by atoms with Crippen molar-refractivity contribution in [3.05, 3.63) is 35.4 Å². The standard InChI is InChI=1S/C15H19NO3/c1-2-19-15(18)16-8-7-12-13(9-16)10-5-3-4-6-11(10)14(12)17/h3-6,12-14,17H,2,7-9H2,1H3. The lowest BCUT2D eigenvalue weighted by atomic mass is 9.85. The molecule has 19 heavy (non-hydrogen) atoms. The second-order valence-corrected chi connectivity index (χ2v) is 5.28. The van der Waals surface area contributed by atoms with Crippen LogP contribution in [-0.4, -0.2) is 35.8 Å². The van der Waals surface area contributed by atoms with Gasteiger partial charge in [-0.05, 0) is 30.4 Å². The maximum atomic E-state index is 11.8. The molecule has 3 atom stereocenters. The zero-order valence-corrected chi connectivity index (χ0v) is 11.1. The van der Waals surface area contributed by atoms with Crippen LogP contribution in [0.25, 0.3) is 0 Å². The van der Waals surface area contributed by atoms with Gasteiger partial charge in [0.25, 0.3) is 0 Å². The first-order chi connectivity index (χ1) is 9.22. The number of amides is 1. The minimum atomic E-state index is -0.384. The minimum Gasteiger partial charge on any atom is -0.450 e. The average Bonchev–Trinajstić information content (AvgIpc) is 2.73. The lowest BCUT2D eigenvalue weighted by molar-refractivity contribution is 0.0493. The van der Waals surface area contributed by atoms with Gasteiger partial charge in [-0.1, -0.05) is 24.3 Å². The van der Waals surface area contributed by atoms with Gasteiger partial charge in [-0.3, -0.25) is 0 Å². The molecule has 1 fully saturated rings. The van der Waals surface area contributed by atoms with Gasteiger partial charge in [0.1, 0.15) is 0 Å². The summed E-state index contributed by atoms with van der Waals surface area (Å²) in [6, 6.07) is 8.02. The summed E-state index contributed by atoms with van der Waals surface area (Å²) in [5, 5.41) is 10.4. The molecular formula is C15H19NO3. The zero-order valence-electron chi connectivity index (χ0n) is 11.1. The normalized spacial score (nSPS) is 28.7. The Kier molecular flexibility index (Phi) is 3.19. The quantitative estimate of drug-likeness (QED) is 0.844. The van der Waals surface area contributed by atoms with E-state index in [0.29, 0.717) is 19.7 Å². The second-order valence-electron chi connectivity index (χ2n) is 5.28. The molecule has 0 radical (unpaired) electrons. The molecule has 102 valence electrons. The molecule has 3 unspecified atom stereocenters. The molecule has 0 bridgehead atoms. The highest BCUT2D eigenvalue weighted by Crippen LogP contribution is 2.48.